The molecule has 2 amide bonds. The average molecular weight is 495 g/mol. The third-order valence-corrected chi connectivity index (χ3v) is 5.84. The van der Waals surface area contributed by atoms with Crippen LogP contribution in [0.4, 0.5) is 15.8 Å². The summed E-state index contributed by atoms with van der Waals surface area (Å²) < 4.78 is 21.0. The van der Waals surface area contributed by atoms with Crippen molar-refractivity contribution in [2.75, 3.05) is 17.7 Å². The molecule has 184 valence electrons. The second kappa shape index (κ2) is 10.3. The summed E-state index contributed by atoms with van der Waals surface area (Å²) in [6.45, 7) is -0.0672. The standard InChI is InChI=1S/C29H23FN4O3/c1-37-22-8-6-7-21(17-22)31-29(36)20-15-13-19(14-16-20)28-33-25-11-4-5-12-26(25)34(28)18-27(35)32-24-10-3-2-9-23(24)30/h2-17H,18H2,1H3,(H,31,36)(H,32,35). The van der Waals surface area contributed by atoms with Gasteiger partial charge in [-0.2, -0.15) is 0 Å². The lowest BCUT2D eigenvalue weighted by Gasteiger charge is -2.11. The van der Waals surface area contributed by atoms with Crippen LogP contribution in [0, 0.1) is 5.82 Å². The van der Waals surface area contributed by atoms with Gasteiger partial charge in [-0.25, -0.2) is 9.37 Å². The van der Waals surface area contributed by atoms with Gasteiger partial charge in [0.1, 0.15) is 23.9 Å². The fraction of sp³-hybridized carbons (Fsp3) is 0.0690. The normalized spacial score (nSPS) is 10.8. The van der Waals surface area contributed by atoms with Gasteiger partial charge >= 0.3 is 0 Å². The van der Waals surface area contributed by atoms with Gasteiger partial charge < -0.3 is 19.9 Å². The van der Waals surface area contributed by atoms with Crippen LogP contribution in [0.5, 0.6) is 5.75 Å². The number of anilines is 2. The zero-order valence-electron chi connectivity index (χ0n) is 19.9. The Morgan fingerprint density at radius 2 is 1.65 bits per heavy atom. The molecule has 0 spiro atoms. The second-order valence-electron chi connectivity index (χ2n) is 8.30. The lowest BCUT2D eigenvalue weighted by atomic mass is 10.1. The van der Waals surface area contributed by atoms with E-state index in [9.17, 15) is 14.0 Å². The van der Waals surface area contributed by atoms with Crippen molar-refractivity contribution >= 4 is 34.2 Å². The van der Waals surface area contributed by atoms with E-state index in [0.29, 0.717) is 22.8 Å². The maximum atomic E-state index is 14.0. The molecular formula is C29H23FN4O3. The number of amides is 2. The molecular weight excluding hydrogens is 471 g/mol. The Balaban J connectivity index is 1.40. The molecule has 0 saturated carbocycles. The molecule has 1 heterocycles. The number of nitrogens with zero attached hydrogens (tertiary/aromatic N) is 2. The molecule has 1 aromatic heterocycles. The van der Waals surface area contributed by atoms with E-state index in [1.807, 2.05) is 24.3 Å². The van der Waals surface area contributed by atoms with Crippen molar-refractivity contribution in [2.24, 2.45) is 0 Å². The van der Waals surface area contributed by atoms with Crippen LogP contribution in [0.3, 0.4) is 0 Å². The van der Waals surface area contributed by atoms with Crippen LogP contribution in [0.1, 0.15) is 10.4 Å². The van der Waals surface area contributed by atoms with Crippen molar-refractivity contribution in [1.29, 1.82) is 0 Å². The first kappa shape index (κ1) is 23.7. The van der Waals surface area contributed by atoms with Gasteiger partial charge in [-0.15, -0.1) is 0 Å². The van der Waals surface area contributed by atoms with Crippen LogP contribution in [-0.2, 0) is 11.3 Å². The molecule has 5 aromatic rings. The molecule has 0 saturated heterocycles. The van der Waals surface area contributed by atoms with E-state index < -0.39 is 5.82 Å². The third-order valence-electron chi connectivity index (χ3n) is 5.84. The smallest absolute Gasteiger partial charge is 0.255 e. The maximum Gasteiger partial charge on any atom is 0.255 e. The summed E-state index contributed by atoms with van der Waals surface area (Å²) in [6.07, 6.45) is 0. The van der Waals surface area contributed by atoms with Gasteiger partial charge in [0, 0.05) is 22.9 Å². The predicted octanol–water partition coefficient (Wildman–Crippen LogP) is 5.74. The number of ether oxygens (including phenoxy) is 1. The van der Waals surface area contributed by atoms with Crippen LogP contribution in [0.15, 0.2) is 97.1 Å². The summed E-state index contributed by atoms with van der Waals surface area (Å²) >= 11 is 0. The number of carbonyl (C=O) groups is 2. The minimum Gasteiger partial charge on any atom is -0.497 e. The number of para-hydroxylation sites is 3. The molecule has 7 nitrogen and oxygen atoms in total. The summed E-state index contributed by atoms with van der Waals surface area (Å²) in [4.78, 5) is 30.3. The van der Waals surface area contributed by atoms with Crippen molar-refractivity contribution < 1.29 is 18.7 Å². The molecule has 5 rings (SSSR count). The summed E-state index contributed by atoms with van der Waals surface area (Å²) in [5.41, 5.74) is 3.41. The summed E-state index contributed by atoms with van der Waals surface area (Å²) in [5, 5.41) is 5.48. The highest BCUT2D eigenvalue weighted by Crippen LogP contribution is 2.26. The van der Waals surface area contributed by atoms with Crippen LogP contribution in [0.2, 0.25) is 0 Å². The average Bonchev–Trinajstić information content (AvgIpc) is 3.28. The largest absolute Gasteiger partial charge is 0.497 e. The number of nitrogens with one attached hydrogen (secondary N) is 2. The van der Waals surface area contributed by atoms with Crippen LogP contribution in [-0.4, -0.2) is 28.5 Å². The van der Waals surface area contributed by atoms with Crippen molar-refractivity contribution in [3.8, 4) is 17.1 Å². The number of fused-ring (bicyclic) bond motifs is 1. The van der Waals surface area contributed by atoms with Gasteiger partial charge in [-0.1, -0.05) is 42.5 Å². The summed E-state index contributed by atoms with van der Waals surface area (Å²) in [6, 6.07) is 27.6. The number of hydrogen-bond acceptors (Lipinski definition) is 4. The predicted molar refractivity (Wildman–Crippen MR) is 141 cm³/mol. The number of halogens is 1. The van der Waals surface area contributed by atoms with Crippen molar-refractivity contribution in [2.45, 2.75) is 6.54 Å². The molecule has 0 aliphatic rings. The SMILES string of the molecule is COc1cccc(NC(=O)c2ccc(-c3nc4ccccc4n3CC(=O)Nc3ccccc3F)cc2)c1. The zero-order valence-corrected chi connectivity index (χ0v) is 19.9. The molecule has 8 heteroatoms. The van der Waals surface area contributed by atoms with E-state index in [-0.39, 0.29) is 24.0 Å². The Kier molecular flexibility index (Phi) is 6.63. The molecule has 0 aliphatic heterocycles. The molecule has 4 aromatic carbocycles. The van der Waals surface area contributed by atoms with E-state index in [0.717, 1.165) is 16.6 Å². The molecule has 0 atom stereocenters. The number of carbonyl (C=O) groups excluding carboxylic acids is 2. The third kappa shape index (κ3) is 5.18. The molecule has 0 aliphatic carbocycles. The van der Waals surface area contributed by atoms with Gasteiger partial charge in [-0.3, -0.25) is 9.59 Å². The topological polar surface area (TPSA) is 85.2 Å². The van der Waals surface area contributed by atoms with E-state index in [4.69, 9.17) is 9.72 Å². The fourth-order valence-corrected chi connectivity index (χ4v) is 4.03. The first-order valence-electron chi connectivity index (χ1n) is 11.6. The summed E-state index contributed by atoms with van der Waals surface area (Å²) in [5.74, 6) is 0.0477. The summed E-state index contributed by atoms with van der Waals surface area (Å²) in [7, 11) is 1.57. The molecule has 2 N–H and O–H groups in total. The Bertz CT molecular complexity index is 1590. The monoisotopic (exact) mass is 494 g/mol. The number of benzene rings is 4. The number of rotatable bonds is 7. The van der Waals surface area contributed by atoms with Gasteiger partial charge in [0.2, 0.25) is 5.91 Å². The number of hydrogen-bond donors (Lipinski definition) is 2. The molecule has 37 heavy (non-hydrogen) atoms. The quantitative estimate of drug-likeness (QED) is 0.302. The Morgan fingerprint density at radius 1 is 0.892 bits per heavy atom. The maximum absolute atomic E-state index is 14.0. The minimum atomic E-state index is -0.505. The van der Waals surface area contributed by atoms with E-state index in [1.54, 1.807) is 72.3 Å². The fourth-order valence-electron chi connectivity index (χ4n) is 4.03. The second-order valence-corrected chi connectivity index (χ2v) is 8.30. The zero-order chi connectivity index (χ0) is 25.8. The first-order chi connectivity index (χ1) is 18.0. The number of aromatic nitrogens is 2. The van der Waals surface area contributed by atoms with Gasteiger partial charge in [0.15, 0.2) is 0 Å². The Hall–Kier alpha value is -4.98. The van der Waals surface area contributed by atoms with Crippen molar-refractivity contribution in [1.82, 2.24) is 9.55 Å². The number of imidazole rings is 1. The van der Waals surface area contributed by atoms with Gasteiger partial charge in [-0.05, 0) is 48.5 Å². The molecule has 0 fully saturated rings. The first-order valence-corrected chi connectivity index (χ1v) is 11.6. The highest BCUT2D eigenvalue weighted by Gasteiger charge is 2.17. The number of methoxy groups -OCH3 is 1. The highest BCUT2D eigenvalue weighted by atomic mass is 19.1. The van der Waals surface area contributed by atoms with Gasteiger partial charge in [0.25, 0.3) is 5.91 Å². The molecule has 0 bridgehead atoms. The molecule has 0 radical (unpaired) electrons. The van der Waals surface area contributed by atoms with Crippen molar-refractivity contribution in [3.05, 3.63) is 108 Å². The Labute approximate surface area is 212 Å². The minimum absolute atomic E-state index is 0.0672. The Morgan fingerprint density at radius 3 is 2.43 bits per heavy atom. The van der Waals surface area contributed by atoms with Crippen molar-refractivity contribution in [3.63, 3.8) is 0 Å². The van der Waals surface area contributed by atoms with E-state index in [2.05, 4.69) is 10.6 Å². The van der Waals surface area contributed by atoms with E-state index in [1.165, 1.54) is 12.1 Å². The van der Waals surface area contributed by atoms with E-state index >= 15 is 0 Å². The lowest BCUT2D eigenvalue weighted by Crippen LogP contribution is -2.20. The van der Waals surface area contributed by atoms with Crippen LogP contribution >= 0.6 is 0 Å². The van der Waals surface area contributed by atoms with Crippen LogP contribution < -0.4 is 15.4 Å². The van der Waals surface area contributed by atoms with Crippen LogP contribution in [0.25, 0.3) is 22.4 Å². The van der Waals surface area contributed by atoms with Gasteiger partial charge in [0.05, 0.1) is 23.8 Å². The molecule has 0 unspecified atom stereocenters. The lowest BCUT2D eigenvalue weighted by molar-refractivity contribution is -0.116. The highest BCUT2D eigenvalue weighted by molar-refractivity contribution is 6.04.